The zero-order valence-corrected chi connectivity index (χ0v) is 12.4. The fourth-order valence-corrected chi connectivity index (χ4v) is 3.83. The Morgan fingerprint density at radius 2 is 2.37 bits per heavy atom. The van der Waals surface area contributed by atoms with Crippen molar-refractivity contribution in [2.45, 2.75) is 25.3 Å². The Kier molecular flexibility index (Phi) is 4.03. The molecule has 1 saturated heterocycles. The zero-order chi connectivity index (χ0) is 13.2. The number of fused-ring (bicyclic) bond motifs is 1. The summed E-state index contributed by atoms with van der Waals surface area (Å²) in [6, 6.07) is 6.26. The maximum absolute atomic E-state index is 6.22. The van der Waals surface area contributed by atoms with E-state index in [0.717, 1.165) is 46.4 Å². The lowest BCUT2D eigenvalue weighted by Gasteiger charge is -2.16. The standard InChI is InChI=1S/C14H17ClN2OS/c1-2-6-16-12-8-18-7-9(12)14-17-11-5-3-4-10(15)13(11)19-14/h3-5,9,12,16H,2,6-8H2,1H3. The Morgan fingerprint density at radius 3 is 3.16 bits per heavy atom. The van der Waals surface area contributed by atoms with Crippen LogP contribution in [0.15, 0.2) is 18.2 Å². The molecule has 2 unspecified atom stereocenters. The first kappa shape index (κ1) is 13.3. The summed E-state index contributed by atoms with van der Waals surface area (Å²) in [5, 5.41) is 5.47. The molecule has 2 aromatic rings. The van der Waals surface area contributed by atoms with E-state index in [1.165, 1.54) is 0 Å². The third-order valence-corrected chi connectivity index (χ3v) is 5.10. The predicted octanol–water partition coefficient (Wildman–Crippen LogP) is 3.43. The van der Waals surface area contributed by atoms with Gasteiger partial charge in [-0.25, -0.2) is 4.98 Å². The first-order chi connectivity index (χ1) is 9.29. The van der Waals surface area contributed by atoms with Gasteiger partial charge in [0.25, 0.3) is 0 Å². The van der Waals surface area contributed by atoms with E-state index >= 15 is 0 Å². The first-order valence-corrected chi connectivity index (χ1v) is 7.85. The summed E-state index contributed by atoms with van der Waals surface area (Å²) >= 11 is 7.92. The number of aromatic nitrogens is 1. The van der Waals surface area contributed by atoms with E-state index in [2.05, 4.69) is 12.2 Å². The normalized spacial score (nSPS) is 23.3. The van der Waals surface area contributed by atoms with Gasteiger partial charge in [0.1, 0.15) is 5.01 Å². The number of rotatable bonds is 4. The number of hydrogen-bond donors (Lipinski definition) is 1. The van der Waals surface area contributed by atoms with Crippen molar-refractivity contribution in [1.82, 2.24) is 10.3 Å². The largest absolute Gasteiger partial charge is 0.379 e. The molecular weight excluding hydrogens is 280 g/mol. The highest BCUT2D eigenvalue weighted by molar-refractivity contribution is 7.19. The van der Waals surface area contributed by atoms with Crippen molar-refractivity contribution in [3.8, 4) is 0 Å². The fourth-order valence-electron chi connectivity index (χ4n) is 2.42. The second kappa shape index (κ2) is 5.75. The third-order valence-electron chi connectivity index (χ3n) is 3.44. The molecule has 3 rings (SSSR count). The van der Waals surface area contributed by atoms with E-state index < -0.39 is 0 Å². The van der Waals surface area contributed by atoms with Crippen molar-refractivity contribution in [2.75, 3.05) is 19.8 Å². The lowest BCUT2D eigenvalue weighted by molar-refractivity contribution is 0.187. The first-order valence-electron chi connectivity index (χ1n) is 6.65. The van der Waals surface area contributed by atoms with Gasteiger partial charge in [0, 0.05) is 6.04 Å². The van der Waals surface area contributed by atoms with Crippen LogP contribution in [0.5, 0.6) is 0 Å². The van der Waals surface area contributed by atoms with E-state index in [4.69, 9.17) is 21.3 Å². The number of hydrogen-bond acceptors (Lipinski definition) is 4. The number of nitrogens with one attached hydrogen (secondary N) is 1. The molecule has 0 saturated carbocycles. The molecule has 5 heteroatoms. The molecule has 1 aromatic carbocycles. The average Bonchev–Trinajstić information content (AvgIpc) is 3.02. The molecular formula is C14H17ClN2OS. The van der Waals surface area contributed by atoms with E-state index in [1.54, 1.807) is 11.3 Å². The van der Waals surface area contributed by atoms with E-state index in [-0.39, 0.29) is 0 Å². The van der Waals surface area contributed by atoms with Crippen LogP contribution in [-0.2, 0) is 4.74 Å². The number of benzene rings is 1. The molecule has 0 amide bonds. The summed E-state index contributed by atoms with van der Waals surface area (Å²) in [6.45, 7) is 4.72. The van der Waals surface area contributed by atoms with Crippen LogP contribution in [0.25, 0.3) is 10.2 Å². The highest BCUT2D eigenvalue weighted by Gasteiger charge is 2.31. The van der Waals surface area contributed by atoms with Crippen molar-refractivity contribution in [2.24, 2.45) is 0 Å². The van der Waals surface area contributed by atoms with Gasteiger partial charge in [-0.2, -0.15) is 0 Å². The maximum atomic E-state index is 6.22. The molecule has 3 nitrogen and oxygen atoms in total. The third kappa shape index (κ3) is 2.63. The highest BCUT2D eigenvalue weighted by atomic mass is 35.5. The molecule has 102 valence electrons. The SMILES string of the molecule is CCCNC1COCC1c1nc2cccc(Cl)c2s1. The number of halogens is 1. The summed E-state index contributed by atoms with van der Waals surface area (Å²) < 4.78 is 6.70. The second-order valence-corrected chi connectivity index (χ2v) is 6.28. The van der Waals surface area contributed by atoms with Crippen molar-refractivity contribution in [3.63, 3.8) is 0 Å². The zero-order valence-electron chi connectivity index (χ0n) is 10.9. The molecule has 1 fully saturated rings. The Bertz CT molecular complexity index is 572. The minimum Gasteiger partial charge on any atom is -0.379 e. The number of nitrogens with zero attached hydrogens (tertiary/aromatic N) is 1. The molecule has 1 aromatic heterocycles. The van der Waals surface area contributed by atoms with Gasteiger partial charge in [-0.05, 0) is 25.1 Å². The lowest BCUT2D eigenvalue weighted by atomic mass is 10.0. The molecule has 0 aliphatic carbocycles. The van der Waals surface area contributed by atoms with Crippen LogP contribution in [0.1, 0.15) is 24.3 Å². The summed E-state index contributed by atoms with van der Waals surface area (Å²) in [6.07, 6.45) is 1.13. The Balaban J connectivity index is 1.88. The van der Waals surface area contributed by atoms with Crippen LogP contribution in [-0.4, -0.2) is 30.8 Å². The molecule has 0 spiro atoms. The van der Waals surface area contributed by atoms with Gasteiger partial charge in [0.2, 0.25) is 0 Å². The highest BCUT2D eigenvalue weighted by Crippen LogP contribution is 2.35. The summed E-state index contributed by atoms with van der Waals surface area (Å²) in [4.78, 5) is 4.73. The maximum Gasteiger partial charge on any atom is 0.101 e. The predicted molar refractivity (Wildman–Crippen MR) is 80.3 cm³/mol. The molecule has 19 heavy (non-hydrogen) atoms. The van der Waals surface area contributed by atoms with Crippen LogP contribution < -0.4 is 5.32 Å². The second-order valence-electron chi connectivity index (χ2n) is 4.84. The molecule has 2 atom stereocenters. The minimum absolute atomic E-state index is 0.347. The number of ether oxygens (including phenoxy) is 1. The molecule has 0 bridgehead atoms. The Hall–Kier alpha value is -0.680. The minimum atomic E-state index is 0.347. The van der Waals surface area contributed by atoms with Crippen molar-refractivity contribution < 1.29 is 4.74 Å². The number of thiazole rings is 1. The van der Waals surface area contributed by atoms with Gasteiger partial charge in [-0.15, -0.1) is 11.3 Å². The smallest absolute Gasteiger partial charge is 0.101 e. The molecule has 0 radical (unpaired) electrons. The Morgan fingerprint density at radius 1 is 1.47 bits per heavy atom. The van der Waals surface area contributed by atoms with Gasteiger partial charge < -0.3 is 10.1 Å². The summed E-state index contributed by atoms with van der Waals surface area (Å²) in [5.74, 6) is 0.347. The van der Waals surface area contributed by atoms with Crippen LogP contribution >= 0.6 is 22.9 Å². The molecule has 1 N–H and O–H groups in total. The summed E-state index contributed by atoms with van der Waals surface area (Å²) in [5.41, 5.74) is 0.994. The van der Waals surface area contributed by atoms with Crippen LogP contribution in [0.4, 0.5) is 0 Å². The molecule has 1 aliphatic heterocycles. The average molecular weight is 297 g/mol. The summed E-state index contributed by atoms with van der Waals surface area (Å²) in [7, 11) is 0. The van der Waals surface area contributed by atoms with Gasteiger partial charge in [0.15, 0.2) is 0 Å². The van der Waals surface area contributed by atoms with E-state index in [0.29, 0.717) is 12.0 Å². The van der Waals surface area contributed by atoms with Gasteiger partial charge >= 0.3 is 0 Å². The van der Waals surface area contributed by atoms with Crippen LogP contribution in [0.2, 0.25) is 5.02 Å². The van der Waals surface area contributed by atoms with Crippen LogP contribution in [0, 0.1) is 0 Å². The van der Waals surface area contributed by atoms with Gasteiger partial charge in [0.05, 0.1) is 34.4 Å². The monoisotopic (exact) mass is 296 g/mol. The molecule has 1 aliphatic rings. The van der Waals surface area contributed by atoms with Crippen molar-refractivity contribution in [1.29, 1.82) is 0 Å². The quantitative estimate of drug-likeness (QED) is 0.938. The lowest BCUT2D eigenvalue weighted by Crippen LogP contribution is -2.34. The molecule has 2 heterocycles. The Labute approximate surface area is 121 Å². The van der Waals surface area contributed by atoms with Gasteiger partial charge in [-0.1, -0.05) is 24.6 Å². The van der Waals surface area contributed by atoms with Crippen LogP contribution in [0.3, 0.4) is 0 Å². The van der Waals surface area contributed by atoms with Crippen molar-refractivity contribution in [3.05, 3.63) is 28.2 Å². The topological polar surface area (TPSA) is 34.1 Å². The van der Waals surface area contributed by atoms with Gasteiger partial charge in [-0.3, -0.25) is 0 Å². The van der Waals surface area contributed by atoms with E-state index in [1.807, 2.05) is 18.2 Å². The fraction of sp³-hybridized carbons (Fsp3) is 0.500. The van der Waals surface area contributed by atoms with E-state index in [9.17, 15) is 0 Å². The van der Waals surface area contributed by atoms with Crippen molar-refractivity contribution >= 4 is 33.2 Å².